The Labute approximate surface area is 121 Å². The number of rotatable bonds is 5. The fourth-order valence-electron chi connectivity index (χ4n) is 1.66. The molecule has 0 aliphatic rings. The fraction of sp³-hybridized carbons (Fsp3) is 0.600. The molecule has 0 saturated heterocycles. The first-order chi connectivity index (χ1) is 9.04. The van der Waals surface area contributed by atoms with Crippen LogP contribution in [0.1, 0.15) is 44.9 Å². The molecule has 0 heterocycles. The van der Waals surface area contributed by atoms with Gasteiger partial charge in [0.1, 0.15) is 12.4 Å². The third-order valence-corrected chi connectivity index (χ3v) is 5.79. The molecule has 1 aromatic carbocycles. The number of ether oxygens (including phenoxy) is 1. The Morgan fingerprint density at radius 3 is 2.35 bits per heavy atom. The molecular weight excluding hydrogens is 276 g/mol. The second-order valence-corrected chi connectivity index (χ2v) is 8.84. The van der Waals surface area contributed by atoms with Crippen molar-refractivity contribution >= 4 is 9.84 Å². The Balaban J connectivity index is 2.68. The van der Waals surface area contributed by atoms with Crippen LogP contribution in [0.2, 0.25) is 0 Å². The van der Waals surface area contributed by atoms with E-state index in [2.05, 4.69) is 0 Å². The largest absolute Gasteiger partial charge is 0.492 e. The van der Waals surface area contributed by atoms with Crippen LogP contribution in [0.4, 0.5) is 0 Å². The van der Waals surface area contributed by atoms with Crippen LogP contribution < -0.4 is 4.74 Å². The summed E-state index contributed by atoms with van der Waals surface area (Å²) in [7, 11) is -3.17. The van der Waals surface area contributed by atoms with E-state index in [1.807, 2.05) is 13.0 Å². The van der Waals surface area contributed by atoms with Gasteiger partial charge in [0.2, 0.25) is 0 Å². The predicted octanol–water partition coefficient (Wildman–Crippen LogP) is 2.64. The Kier molecular flexibility index (Phi) is 5.21. The maximum atomic E-state index is 12.0. The zero-order valence-electron chi connectivity index (χ0n) is 12.8. The second-order valence-electron chi connectivity index (χ2n) is 5.98. The first-order valence-corrected chi connectivity index (χ1v) is 8.33. The van der Waals surface area contributed by atoms with Crippen LogP contribution >= 0.6 is 0 Å². The summed E-state index contributed by atoms with van der Waals surface area (Å²) in [6.07, 6.45) is -0.524. The average Bonchev–Trinajstić information content (AvgIpc) is 2.29. The van der Waals surface area contributed by atoms with Gasteiger partial charge >= 0.3 is 0 Å². The molecule has 1 N–H and O–H groups in total. The minimum atomic E-state index is -3.17. The van der Waals surface area contributed by atoms with E-state index in [1.54, 1.807) is 39.8 Å². The van der Waals surface area contributed by atoms with Crippen molar-refractivity contribution in [3.05, 3.63) is 29.3 Å². The van der Waals surface area contributed by atoms with Crippen molar-refractivity contribution in [3.63, 3.8) is 0 Å². The van der Waals surface area contributed by atoms with Crippen LogP contribution in [0.15, 0.2) is 18.2 Å². The number of aliphatic hydroxyl groups excluding tert-OH is 1. The normalized spacial score (nSPS) is 14.1. The summed E-state index contributed by atoms with van der Waals surface area (Å²) in [6, 6.07) is 5.39. The van der Waals surface area contributed by atoms with E-state index in [0.717, 1.165) is 11.1 Å². The van der Waals surface area contributed by atoms with Crippen LogP contribution in [0.3, 0.4) is 0 Å². The topological polar surface area (TPSA) is 63.6 Å². The van der Waals surface area contributed by atoms with Crippen LogP contribution in [0.5, 0.6) is 5.75 Å². The van der Waals surface area contributed by atoms with Gasteiger partial charge in [0.25, 0.3) is 0 Å². The quantitative estimate of drug-likeness (QED) is 0.908. The zero-order valence-corrected chi connectivity index (χ0v) is 13.6. The molecule has 0 unspecified atom stereocenters. The Morgan fingerprint density at radius 2 is 1.90 bits per heavy atom. The van der Waals surface area contributed by atoms with Gasteiger partial charge < -0.3 is 9.84 Å². The lowest BCUT2D eigenvalue weighted by molar-refractivity contribution is 0.199. The second kappa shape index (κ2) is 6.14. The molecule has 0 bridgehead atoms. The highest BCUT2D eigenvalue weighted by molar-refractivity contribution is 7.92. The summed E-state index contributed by atoms with van der Waals surface area (Å²) in [6.45, 7) is 8.76. The van der Waals surface area contributed by atoms with E-state index in [1.165, 1.54) is 0 Å². The van der Waals surface area contributed by atoms with Crippen molar-refractivity contribution in [2.24, 2.45) is 0 Å². The number of aryl methyl sites for hydroxylation is 1. The van der Waals surface area contributed by atoms with E-state index >= 15 is 0 Å². The van der Waals surface area contributed by atoms with Crippen molar-refractivity contribution in [2.75, 3.05) is 12.4 Å². The first-order valence-electron chi connectivity index (χ1n) is 6.68. The van der Waals surface area contributed by atoms with Gasteiger partial charge in [0.15, 0.2) is 9.84 Å². The van der Waals surface area contributed by atoms with Crippen molar-refractivity contribution in [2.45, 2.75) is 45.5 Å². The Morgan fingerprint density at radius 1 is 1.30 bits per heavy atom. The van der Waals surface area contributed by atoms with Crippen LogP contribution in [-0.2, 0) is 9.84 Å². The number of aliphatic hydroxyl groups is 1. The van der Waals surface area contributed by atoms with Gasteiger partial charge in [-0.1, -0.05) is 6.07 Å². The molecule has 0 saturated carbocycles. The number of hydrogen-bond acceptors (Lipinski definition) is 4. The molecule has 1 atom stereocenters. The number of benzene rings is 1. The molecule has 114 valence electrons. The molecular formula is C15H24O4S. The molecule has 4 nitrogen and oxygen atoms in total. The van der Waals surface area contributed by atoms with E-state index in [9.17, 15) is 13.5 Å². The van der Waals surface area contributed by atoms with Gasteiger partial charge in [-0.3, -0.25) is 0 Å². The lowest BCUT2D eigenvalue weighted by atomic mass is 10.1. The van der Waals surface area contributed by atoms with E-state index in [4.69, 9.17) is 4.74 Å². The molecule has 0 amide bonds. The fourth-order valence-corrected chi connectivity index (χ4v) is 2.58. The van der Waals surface area contributed by atoms with Crippen molar-refractivity contribution in [3.8, 4) is 5.75 Å². The summed E-state index contributed by atoms with van der Waals surface area (Å²) in [4.78, 5) is 0. The van der Waals surface area contributed by atoms with E-state index in [0.29, 0.717) is 5.75 Å². The maximum absolute atomic E-state index is 12.0. The molecule has 0 fully saturated rings. The SMILES string of the molecule is Cc1cc([C@H](C)O)ccc1OCCS(=O)(=O)C(C)(C)C. The van der Waals surface area contributed by atoms with Crippen LogP contribution in [0.25, 0.3) is 0 Å². The summed E-state index contributed by atoms with van der Waals surface area (Å²) < 4.78 is 28.7. The summed E-state index contributed by atoms with van der Waals surface area (Å²) in [5.74, 6) is 0.646. The van der Waals surface area contributed by atoms with Crippen LogP contribution in [-0.4, -0.2) is 30.6 Å². The molecule has 5 heteroatoms. The van der Waals surface area contributed by atoms with Gasteiger partial charge in [0.05, 0.1) is 16.6 Å². The molecule has 0 radical (unpaired) electrons. The third-order valence-electron chi connectivity index (χ3n) is 3.22. The predicted molar refractivity (Wildman–Crippen MR) is 80.8 cm³/mol. The van der Waals surface area contributed by atoms with Gasteiger partial charge in [-0.25, -0.2) is 8.42 Å². The van der Waals surface area contributed by atoms with Gasteiger partial charge in [0, 0.05) is 0 Å². The average molecular weight is 300 g/mol. The van der Waals surface area contributed by atoms with Crippen molar-refractivity contribution in [1.29, 1.82) is 0 Å². The minimum absolute atomic E-state index is 0.00586. The third kappa shape index (κ3) is 4.21. The molecule has 1 aromatic rings. The van der Waals surface area contributed by atoms with Crippen molar-refractivity contribution in [1.82, 2.24) is 0 Å². The number of sulfone groups is 1. The summed E-state index contributed by atoms with van der Waals surface area (Å²) in [5.41, 5.74) is 1.70. The highest BCUT2D eigenvalue weighted by Gasteiger charge is 2.28. The highest BCUT2D eigenvalue weighted by atomic mass is 32.2. The monoisotopic (exact) mass is 300 g/mol. The lowest BCUT2D eigenvalue weighted by Crippen LogP contribution is -2.32. The minimum Gasteiger partial charge on any atom is -0.492 e. The summed E-state index contributed by atoms with van der Waals surface area (Å²) in [5, 5.41) is 9.49. The number of hydrogen-bond donors (Lipinski definition) is 1. The first kappa shape index (κ1) is 17.0. The summed E-state index contributed by atoms with van der Waals surface area (Å²) >= 11 is 0. The highest BCUT2D eigenvalue weighted by Crippen LogP contribution is 2.23. The van der Waals surface area contributed by atoms with E-state index in [-0.39, 0.29) is 12.4 Å². The van der Waals surface area contributed by atoms with Gasteiger partial charge in [-0.15, -0.1) is 0 Å². The molecule has 0 aromatic heterocycles. The Hall–Kier alpha value is -1.07. The van der Waals surface area contributed by atoms with Gasteiger partial charge in [-0.05, 0) is 57.9 Å². The lowest BCUT2D eigenvalue weighted by Gasteiger charge is -2.19. The smallest absolute Gasteiger partial charge is 0.158 e. The Bertz CT molecular complexity index is 554. The standard InChI is InChI=1S/C15H24O4S/c1-11-10-13(12(2)16)6-7-14(11)19-8-9-20(17,18)15(3,4)5/h6-7,10,12,16H,8-9H2,1-5H3/t12-/m0/s1. The van der Waals surface area contributed by atoms with E-state index < -0.39 is 20.7 Å². The zero-order chi connectivity index (χ0) is 15.6. The molecule has 0 spiro atoms. The molecule has 0 aliphatic carbocycles. The molecule has 20 heavy (non-hydrogen) atoms. The molecule has 0 aliphatic heterocycles. The maximum Gasteiger partial charge on any atom is 0.158 e. The van der Waals surface area contributed by atoms with Gasteiger partial charge in [-0.2, -0.15) is 0 Å². The van der Waals surface area contributed by atoms with Crippen LogP contribution in [0, 0.1) is 6.92 Å². The molecule has 1 rings (SSSR count). The van der Waals surface area contributed by atoms with Crippen molar-refractivity contribution < 1.29 is 18.3 Å².